The molecule has 0 spiro atoms. The van der Waals surface area contributed by atoms with E-state index in [0.29, 0.717) is 10.9 Å². The first-order chi connectivity index (χ1) is 9.52. The highest BCUT2D eigenvalue weighted by Crippen LogP contribution is 2.31. The molecule has 1 unspecified atom stereocenters. The second-order valence-electron chi connectivity index (χ2n) is 4.41. The highest BCUT2D eigenvalue weighted by Gasteiger charge is 2.15. The smallest absolute Gasteiger partial charge is 0.137 e. The van der Waals surface area contributed by atoms with Crippen molar-refractivity contribution in [3.63, 3.8) is 0 Å². The third kappa shape index (κ3) is 3.40. The molecule has 0 aliphatic carbocycles. The summed E-state index contributed by atoms with van der Waals surface area (Å²) in [5.41, 5.74) is 7.96. The van der Waals surface area contributed by atoms with Crippen molar-refractivity contribution >= 4 is 31.9 Å². The Hall–Kier alpha value is -0.910. The maximum atomic E-state index is 13.5. The van der Waals surface area contributed by atoms with Crippen LogP contribution in [0.2, 0.25) is 0 Å². The zero-order chi connectivity index (χ0) is 14.7. The number of rotatable bonds is 4. The van der Waals surface area contributed by atoms with Gasteiger partial charge in [-0.1, -0.05) is 34.1 Å². The van der Waals surface area contributed by atoms with Crippen LogP contribution in [-0.2, 0) is 6.42 Å². The van der Waals surface area contributed by atoms with E-state index < -0.39 is 0 Å². The minimum absolute atomic E-state index is 0.267. The minimum Gasteiger partial charge on any atom is -0.496 e. The van der Waals surface area contributed by atoms with Crippen molar-refractivity contribution in [1.29, 1.82) is 0 Å². The number of halogens is 3. The van der Waals surface area contributed by atoms with Gasteiger partial charge in [-0.15, -0.1) is 0 Å². The second kappa shape index (κ2) is 6.70. The fraction of sp³-hybridized carbons (Fsp3) is 0.200. The van der Waals surface area contributed by atoms with Gasteiger partial charge >= 0.3 is 0 Å². The SMILES string of the molecule is COc1cc(Br)ccc1C(N)Cc1cccc(F)c1Br. The molecule has 0 radical (unpaired) electrons. The van der Waals surface area contributed by atoms with Gasteiger partial charge in [0, 0.05) is 16.1 Å². The molecule has 0 aliphatic heterocycles. The molecule has 0 bridgehead atoms. The van der Waals surface area contributed by atoms with Crippen LogP contribution in [0.5, 0.6) is 5.75 Å². The summed E-state index contributed by atoms with van der Waals surface area (Å²) in [4.78, 5) is 0. The second-order valence-corrected chi connectivity index (χ2v) is 6.12. The lowest BCUT2D eigenvalue weighted by Gasteiger charge is -2.17. The number of methoxy groups -OCH3 is 1. The van der Waals surface area contributed by atoms with Crippen LogP contribution in [0.1, 0.15) is 17.2 Å². The maximum Gasteiger partial charge on any atom is 0.137 e. The zero-order valence-electron chi connectivity index (χ0n) is 10.9. The van der Waals surface area contributed by atoms with E-state index in [1.54, 1.807) is 13.2 Å². The number of hydrogen-bond acceptors (Lipinski definition) is 2. The summed E-state index contributed by atoms with van der Waals surface area (Å²) in [6.07, 6.45) is 0.524. The number of benzene rings is 2. The summed E-state index contributed by atoms with van der Waals surface area (Å²) in [7, 11) is 1.61. The van der Waals surface area contributed by atoms with Crippen LogP contribution >= 0.6 is 31.9 Å². The van der Waals surface area contributed by atoms with Gasteiger partial charge in [0.05, 0.1) is 11.6 Å². The molecule has 0 amide bonds. The molecule has 1 atom stereocenters. The molecule has 0 heterocycles. The summed E-state index contributed by atoms with van der Waals surface area (Å²) < 4.78 is 20.2. The lowest BCUT2D eigenvalue weighted by atomic mass is 9.99. The molecule has 0 saturated carbocycles. The first kappa shape index (κ1) is 15.5. The van der Waals surface area contributed by atoms with Crippen molar-refractivity contribution in [2.45, 2.75) is 12.5 Å². The van der Waals surface area contributed by atoms with Crippen LogP contribution in [-0.4, -0.2) is 7.11 Å². The minimum atomic E-state index is -0.280. The average Bonchev–Trinajstić information content (AvgIpc) is 2.43. The molecule has 20 heavy (non-hydrogen) atoms. The molecule has 0 saturated heterocycles. The summed E-state index contributed by atoms with van der Waals surface area (Å²) in [5, 5.41) is 0. The predicted octanol–water partition coefficient (Wildman–Crippen LogP) is 4.60. The monoisotopic (exact) mass is 401 g/mol. The Morgan fingerprint density at radius 1 is 1.25 bits per heavy atom. The molecule has 0 aliphatic rings. The van der Waals surface area contributed by atoms with Gasteiger partial charge < -0.3 is 10.5 Å². The van der Waals surface area contributed by atoms with Crippen LogP contribution in [0.25, 0.3) is 0 Å². The standard InChI is InChI=1S/C15H14Br2FNO/c1-20-14-8-10(16)5-6-11(14)13(19)7-9-3-2-4-12(18)15(9)17/h2-6,8,13H,7,19H2,1H3. The third-order valence-electron chi connectivity index (χ3n) is 3.07. The van der Waals surface area contributed by atoms with Gasteiger partial charge in [0.25, 0.3) is 0 Å². The van der Waals surface area contributed by atoms with E-state index in [9.17, 15) is 4.39 Å². The van der Waals surface area contributed by atoms with Crippen molar-refractivity contribution < 1.29 is 9.13 Å². The summed E-state index contributed by atoms with van der Waals surface area (Å²) in [5.74, 6) is 0.442. The lowest BCUT2D eigenvalue weighted by Crippen LogP contribution is -2.15. The van der Waals surface area contributed by atoms with Crippen LogP contribution in [0.4, 0.5) is 4.39 Å². The number of hydrogen-bond donors (Lipinski definition) is 1. The average molecular weight is 403 g/mol. The maximum absolute atomic E-state index is 13.5. The molecular weight excluding hydrogens is 389 g/mol. The normalized spacial score (nSPS) is 12.2. The zero-order valence-corrected chi connectivity index (χ0v) is 14.0. The van der Waals surface area contributed by atoms with Gasteiger partial charge in [-0.25, -0.2) is 4.39 Å². The van der Waals surface area contributed by atoms with Crippen LogP contribution < -0.4 is 10.5 Å². The van der Waals surface area contributed by atoms with Crippen molar-refractivity contribution in [3.05, 3.63) is 62.3 Å². The van der Waals surface area contributed by atoms with E-state index in [-0.39, 0.29) is 11.9 Å². The van der Waals surface area contributed by atoms with E-state index >= 15 is 0 Å². The fourth-order valence-corrected chi connectivity index (χ4v) is 2.81. The molecule has 2 rings (SSSR count). The first-order valence-corrected chi connectivity index (χ1v) is 7.63. The van der Waals surface area contributed by atoms with Crippen molar-refractivity contribution in [2.24, 2.45) is 5.73 Å². The first-order valence-electron chi connectivity index (χ1n) is 6.05. The molecule has 2 aromatic carbocycles. The Bertz CT molecular complexity index is 619. The van der Waals surface area contributed by atoms with Gasteiger partial charge in [-0.2, -0.15) is 0 Å². The van der Waals surface area contributed by atoms with Gasteiger partial charge in [0.2, 0.25) is 0 Å². The van der Waals surface area contributed by atoms with Crippen molar-refractivity contribution in [2.75, 3.05) is 7.11 Å². The van der Waals surface area contributed by atoms with Crippen LogP contribution in [0.3, 0.4) is 0 Å². The van der Waals surface area contributed by atoms with Crippen molar-refractivity contribution in [1.82, 2.24) is 0 Å². The third-order valence-corrected chi connectivity index (χ3v) is 4.45. The Labute approximate surface area is 134 Å². The molecule has 0 aromatic heterocycles. The van der Waals surface area contributed by atoms with E-state index in [4.69, 9.17) is 10.5 Å². The van der Waals surface area contributed by atoms with E-state index in [0.717, 1.165) is 21.3 Å². The lowest BCUT2D eigenvalue weighted by molar-refractivity contribution is 0.405. The number of ether oxygens (including phenoxy) is 1. The highest BCUT2D eigenvalue weighted by molar-refractivity contribution is 9.10. The molecule has 2 aromatic rings. The van der Waals surface area contributed by atoms with Gasteiger partial charge in [-0.3, -0.25) is 0 Å². The number of nitrogens with two attached hydrogens (primary N) is 1. The molecule has 2 N–H and O–H groups in total. The molecule has 106 valence electrons. The molecule has 5 heteroatoms. The van der Waals surface area contributed by atoms with Gasteiger partial charge in [0.1, 0.15) is 11.6 Å². The Kier molecular flexibility index (Phi) is 5.18. The highest BCUT2D eigenvalue weighted by atomic mass is 79.9. The Morgan fingerprint density at radius 2 is 2.00 bits per heavy atom. The van der Waals surface area contributed by atoms with E-state index in [2.05, 4.69) is 31.9 Å². The summed E-state index contributed by atoms with van der Waals surface area (Å²) in [6, 6.07) is 10.4. The summed E-state index contributed by atoms with van der Waals surface area (Å²) in [6.45, 7) is 0. The fourth-order valence-electron chi connectivity index (χ4n) is 2.04. The van der Waals surface area contributed by atoms with E-state index in [1.165, 1.54) is 6.07 Å². The summed E-state index contributed by atoms with van der Waals surface area (Å²) >= 11 is 6.66. The van der Waals surface area contributed by atoms with Gasteiger partial charge in [0.15, 0.2) is 0 Å². The molecule has 2 nitrogen and oxygen atoms in total. The molecular formula is C15H14Br2FNO. The molecule has 0 fully saturated rings. The topological polar surface area (TPSA) is 35.2 Å². The van der Waals surface area contributed by atoms with E-state index in [1.807, 2.05) is 24.3 Å². The van der Waals surface area contributed by atoms with Crippen LogP contribution in [0.15, 0.2) is 45.3 Å². The van der Waals surface area contributed by atoms with Gasteiger partial charge in [-0.05, 0) is 46.1 Å². The van der Waals surface area contributed by atoms with Crippen LogP contribution in [0, 0.1) is 5.82 Å². The largest absolute Gasteiger partial charge is 0.496 e. The Balaban J connectivity index is 2.28. The predicted molar refractivity (Wildman–Crippen MR) is 85.4 cm³/mol. The quantitative estimate of drug-likeness (QED) is 0.810. The van der Waals surface area contributed by atoms with Crippen molar-refractivity contribution in [3.8, 4) is 5.75 Å². The Morgan fingerprint density at radius 3 is 2.70 bits per heavy atom.